The maximum absolute atomic E-state index is 12.7. The first-order chi connectivity index (χ1) is 13.7. The lowest BCUT2D eigenvalue weighted by Crippen LogP contribution is -2.13. The summed E-state index contributed by atoms with van der Waals surface area (Å²) in [5, 5.41) is 7.63. The molecule has 6 heteroatoms. The molecule has 2 heterocycles. The van der Waals surface area contributed by atoms with Crippen molar-refractivity contribution in [2.75, 3.05) is 5.32 Å². The molecule has 0 saturated carbocycles. The van der Waals surface area contributed by atoms with Gasteiger partial charge in [0.2, 0.25) is 0 Å². The molecule has 3 rings (SSSR count). The Bertz CT molecular complexity index is 906. The number of carbonyl (C=O) groups is 1. The molecule has 0 radical (unpaired) electrons. The van der Waals surface area contributed by atoms with Crippen molar-refractivity contribution >= 4 is 23.4 Å². The molecule has 0 atom stereocenters. The number of hydrogen-bond donors (Lipinski definition) is 1. The van der Waals surface area contributed by atoms with Crippen LogP contribution in [0.5, 0.6) is 0 Å². The summed E-state index contributed by atoms with van der Waals surface area (Å²) >= 11 is 1.47. The molecule has 146 valence electrons. The molecule has 1 amide bonds. The van der Waals surface area contributed by atoms with E-state index in [4.69, 9.17) is 4.52 Å². The molecule has 0 aliphatic rings. The third-order valence-corrected chi connectivity index (χ3v) is 5.37. The van der Waals surface area contributed by atoms with E-state index in [1.54, 1.807) is 18.3 Å². The van der Waals surface area contributed by atoms with Crippen molar-refractivity contribution in [3.63, 3.8) is 0 Å². The predicted molar refractivity (Wildman–Crippen MR) is 113 cm³/mol. The zero-order valence-corrected chi connectivity index (χ0v) is 17.1. The van der Waals surface area contributed by atoms with Gasteiger partial charge in [-0.3, -0.25) is 4.79 Å². The van der Waals surface area contributed by atoms with Crippen molar-refractivity contribution in [3.05, 3.63) is 71.2 Å². The number of benzene rings is 1. The SMILES string of the molecule is CCCCCc1ccc(NC(=O)c2cccnc2SCc2cc(C)on2)cc1. The lowest BCUT2D eigenvalue weighted by atomic mass is 10.1. The van der Waals surface area contributed by atoms with E-state index in [0.29, 0.717) is 16.3 Å². The van der Waals surface area contributed by atoms with Crippen LogP contribution in [-0.4, -0.2) is 16.0 Å². The van der Waals surface area contributed by atoms with Crippen LogP contribution in [0.2, 0.25) is 0 Å². The number of amides is 1. The summed E-state index contributed by atoms with van der Waals surface area (Å²) in [6.07, 6.45) is 6.43. The van der Waals surface area contributed by atoms with Crippen LogP contribution >= 0.6 is 11.8 Å². The molecular weight excluding hydrogens is 370 g/mol. The van der Waals surface area contributed by atoms with Crippen LogP contribution in [0, 0.1) is 6.92 Å². The molecule has 3 aromatic rings. The Morgan fingerprint density at radius 2 is 2.00 bits per heavy atom. The number of pyridine rings is 1. The van der Waals surface area contributed by atoms with Gasteiger partial charge >= 0.3 is 0 Å². The fourth-order valence-corrected chi connectivity index (χ4v) is 3.71. The van der Waals surface area contributed by atoms with Gasteiger partial charge in [-0.25, -0.2) is 4.98 Å². The van der Waals surface area contributed by atoms with Crippen molar-refractivity contribution in [3.8, 4) is 0 Å². The topological polar surface area (TPSA) is 68.0 Å². The lowest BCUT2D eigenvalue weighted by Gasteiger charge is -2.09. The van der Waals surface area contributed by atoms with Gasteiger partial charge in [0.25, 0.3) is 5.91 Å². The summed E-state index contributed by atoms with van der Waals surface area (Å²) in [5.41, 5.74) is 3.47. The highest BCUT2D eigenvalue weighted by atomic mass is 32.2. The Kier molecular flexibility index (Phi) is 7.25. The number of anilines is 1. The molecule has 28 heavy (non-hydrogen) atoms. The Morgan fingerprint density at radius 3 is 2.71 bits per heavy atom. The second kappa shape index (κ2) is 10.1. The minimum atomic E-state index is -0.161. The fraction of sp³-hybridized carbons (Fsp3) is 0.318. The molecule has 5 nitrogen and oxygen atoms in total. The number of thioether (sulfide) groups is 1. The molecule has 1 N–H and O–H groups in total. The van der Waals surface area contributed by atoms with Gasteiger partial charge in [0.05, 0.1) is 11.3 Å². The molecule has 1 aromatic carbocycles. The Hall–Kier alpha value is -2.60. The minimum absolute atomic E-state index is 0.161. The standard InChI is InChI=1S/C22H25N3O2S/c1-3-4-5-7-17-9-11-18(12-10-17)24-21(26)20-8-6-13-23-22(20)28-15-19-14-16(2)27-25-19/h6,8-14H,3-5,7,15H2,1-2H3,(H,24,26). The molecule has 0 saturated heterocycles. The number of carbonyl (C=O) groups excluding carboxylic acids is 1. The average molecular weight is 396 g/mol. The van der Waals surface area contributed by atoms with E-state index in [-0.39, 0.29) is 5.91 Å². The van der Waals surface area contributed by atoms with Gasteiger partial charge in [-0.2, -0.15) is 0 Å². The molecule has 0 aliphatic carbocycles. The van der Waals surface area contributed by atoms with E-state index in [9.17, 15) is 4.79 Å². The average Bonchev–Trinajstić information content (AvgIpc) is 3.13. The van der Waals surface area contributed by atoms with E-state index in [0.717, 1.165) is 23.6 Å². The molecule has 0 aliphatic heterocycles. The summed E-state index contributed by atoms with van der Waals surface area (Å²) in [4.78, 5) is 17.1. The van der Waals surface area contributed by atoms with Crippen molar-refractivity contribution < 1.29 is 9.32 Å². The zero-order chi connectivity index (χ0) is 19.8. The Labute approximate surface area is 169 Å². The highest BCUT2D eigenvalue weighted by molar-refractivity contribution is 7.98. The van der Waals surface area contributed by atoms with Crippen LogP contribution in [0.3, 0.4) is 0 Å². The summed E-state index contributed by atoms with van der Waals surface area (Å²) in [7, 11) is 0. The minimum Gasteiger partial charge on any atom is -0.361 e. The number of unbranched alkanes of at least 4 members (excludes halogenated alkanes) is 2. The van der Waals surface area contributed by atoms with Crippen LogP contribution in [0.4, 0.5) is 5.69 Å². The van der Waals surface area contributed by atoms with Crippen LogP contribution in [0.15, 0.2) is 58.2 Å². The molecular formula is C22H25N3O2S. The maximum atomic E-state index is 12.7. The van der Waals surface area contributed by atoms with E-state index in [2.05, 4.69) is 34.5 Å². The van der Waals surface area contributed by atoms with E-state index in [1.807, 2.05) is 25.1 Å². The normalized spacial score (nSPS) is 10.8. The van der Waals surface area contributed by atoms with E-state index < -0.39 is 0 Å². The summed E-state index contributed by atoms with van der Waals surface area (Å²) in [6, 6.07) is 13.5. The molecule has 0 fully saturated rings. The number of rotatable bonds is 9. The predicted octanol–water partition coefficient (Wildman–Crippen LogP) is 5.66. The van der Waals surface area contributed by atoms with Crippen LogP contribution in [-0.2, 0) is 12.2 Å². The van der Waals surface area contributed by atoms with Crippen molar-refractivity contribution in [1.82, 2.24) is 10.1 Å². The second-order valence-corrected chi connectivity index (χ2v) is 7.65. The van der Waals surface area contributed by atoms with Crippen LogP contribution in [0.1, 0.15) is 53.6 Å². The molecule has 0 unspecified atom stereocenters. The molecule has 0 spiro atoms. The van der Waals surface area contributed by atoms with Gasteiger partial charge in [0.1, 0.15) is 10.8 Å². The number of nitrogens with one attached hydrogen (secondary N) is 1. The summed E-state index contributed by atoms with van der Waals surface area (Å²) < 4.78 is 5.09. The fourth-order valence-electron chi connectivity index (χ4n) is 2.84. The van der Waals surface area contributed by atoms with Gasteiger partial charge < -0.3 is 9.84 Å². The molecule has 0 bridgehead atoms. The third-order valence-electron chi connectivity index (χ3n) is 4.33. The molecule has 2 aromatic heterocycles. The monoisotopic (exact) mass is 395 g/mol. The third kappa shape index (κ3) is 5.70. The quantitative estimate of drug-likeness (QED) is 0.374. The van der Waals surface area contributed by atoms with Crippen molar-refractivity contribution in [1.29, 1.82) is 0 Å². The largest absolute Gasteiger partial charge is 0.361 e. The second-order valence-electron chi connectivity index (χ2n) is 6.68. The van der Waals surface area contributed by atoms with Gasteiger partial charge in [0, 0.05) is 23.7 Å². The first-order valence-corrected chi connectivity index (χ1v) is 10.5. The van der Waals surface area contributed by atoms with E-state index in [1.165, 1.54) is 36.6 Å². The number of hydrogen-bond acceptors (Lipinski definition) is 5. The number of aromatic nitrogens is 2. The van der Waals surface area contributed by atoms with Gasteiger partial charge in [-0.1, -0.05) is 48.8 Å². The van der Waals surface area contributed by atoms with Crippen molar-refractivity contribution in [2.45, 2.75) is 50.3 Å². The highest BCUT2D eigenvalue weighted by Gasteiger charge is 2.14. The Balaban J connectivity index is 1.62. The highest BCUT2D eigenvalue weighted by Crippen LogP contribution is 2.25. The summed E-state index contributed by atoms with van der Waals surface area (Å²) in [5.74, 6) is 1.21. The number of aryl methyl sites for hydroxylation is 2. The first kappa shape index (κ1) is 20.1. The lowest BCUT2D eigenvalue weighted by molar-refractivity contribution is 0.102. The summed E-state index contributed by atoms with van der Waals surface area (Å²) in [6.45, 7) is 4.06. The van der Waals surface area contributed by atoms with Gasteiger partial charge in [0.15, 0.2) is 0 Å². The van der Waals surface area contributed by atoms with Crippen molar-refractivity contribution in [2.24, 2.45) is 0 Å². The van der Waals surface area contributed by atoms with E-state index >= 15 is 0 Å². The maximum Gasteiger partial charge on any atom is 0.258 e. The van der Waals surface area contributed by atoms with Crippen LogP contribution in [0.25, 0.3) is 0 Å². The van der Waals surface area contributed by atoms with Gasteiger partial charge in [-0.15, -0.1) is 0 Å². The Morgan fingerprint density at radius 1 is 1.18 bits per heavy atom. The van der Waals surface area contributed by atoms with Crippen LogP contribution < -0.4 is 5.32 Å². The first-order valence-electron chi connectivity index (χ1n) is 9.56. The zero-order valence-electron chi connectivity index (χ0n) is 16.3. The smallest absolute Gasteiger partial charge is 0.258 e. The number of nitrogens with zero attached hydrogens (tertiary/aromatic N) is 2. The van der Waals surface area contributed by atoms with Gasteiger partial charge in [-0.05, 0) is 49.6 Å².